The standard InChI is InChI=1S/C14H17N2.ClHO4/c1-15(2)14-6-4-12(5-7-14)13-8-10-16(3)11-9-13;2-1(3,4)5/h4-11H,1-3H3;(H,2,3,4,5)/q+1;/p-1. The first-order valence-electron chi connectivity index (χ1n) is 6.01. The number of anilines is 1. The zero-order chi connectivity index (χ0) is 16.0. The molecule has 0 aliphatic heterocycles. The molecule has 1 aromatic carbocycles. The van der Waals surface area contributed by atoms with Crippen molar-refractivity contribution >= 4 is 5.69 Å². The first-order valence-corrected chi connectivity index (χ1v) is 7.25. The van der Waals surface area contributed by atoms with Crippen LogP contribution in [0, 0.1) is 10.2 Å². The Bertz CT molecular complexity index is 545. The van der Waals surface area contributed by atoms with E-state index in [-0.39, 0.29) is 0 Å². The molecule has 2 aromatic rings. The van der Waals surface area contributed by atoms with Crippen molar-refractivity contribution < 1.29 is 33.4 Å². The van der Waals surface area contributed by atoms with Gasteiger partial charge in [-0.2, -0.15) is 0 Å². The molecule has 0 N–H and O–H groups in total. The van der Waals surface area contributed by atoms with E-state index in [1.165, 1.54) is 16.8 Å². The lowest BCUT2D eigenvalue weighted by Crippen LogP contribution is -2.68. The number of nitrogens with zero attached hydrogens (tertiary/aromatic N) is 2. The number of hydrogen-bond acceptors (Lipinski definition) is 5. The van der Waals surface area contributed by atoms with E-state index in [2.05, 4.69) is 67.8 Å². The third-order valence-corrected chi connectivity index (χ3v) is 2.70. The van der Waals surface area contributed by atoms with Crippen molar-refractivity contribution in [1.29, 1.82) is 0 Å². The molecule has 0 aliphatic carbocycles. The number of hydrogen-bond donors (Lipinski definition) is 0. The van der Waals surface area contributed by atoms with E-state index in [9.17, 15) is 0 Å². The van der Waals surface area contributed by atoms with Gasteiger partial charge in [-0.05, 0) is 23.3 Å². The molecule has 0 saturated heterocycles. The normalized spacial score (nSPS) is 10.6. The third-order valence-electron chi connectivity index (χ3n) is 2.70. The molecule has 0 aliphatic rings. The quantitative estimate of drug-likeness (QED) is 0.570. The van der Waals surface area contributed by atoms with E-state index in [1.54, 1.807) is 0 Å². The number of benzene rings is 1. The molecule has 7 heteroatoms. The monoisotopic (exact) mass is 312 g/mol. The maximum atomic E-state index is 8.49. The molecule has 0 atom stereocenters. The van der Waals surface area contributed by atoms with E-state index >= 15 is 0 Å². The third kappa shape index (κ3) is 7.03. The fraction of sp³-hybridized carbons (Fsp3) is 0.214. The molecule has 21 heavy (non-hydrogen) atoms. The number of aryl methyl sites for hydroxylation is 1. The van der Waals surface area contributed by atoms with Gasteiger partial charge in [0.2, 0.25) is 0 Å². The fourth-order valence-electron chi connectivity index (χ4n) is 1.65. The predicted molar refractivity (Wildman–Crippen MR) is 67.4 cm³/mol. The van der Waals surface area contributed by atoms with Crippen molar-refractivity contribution in [3.05, 3.63) is 48.8 Å². The fourth-order valence-corrected chi connectivity index (χ4v) is 1.65. The summed E-state index contributed by atoms with van der Waals surface area (Å²) >= 11 is 0. The second kappa shape index (κ2) is 7.35. The minimum Gasteiger partial charge on any atom is -0.378 e. The van der Waals surface area contributed by atoms with Crippen molar-refractivity contribution in [2.24, 2.45) is 7.05 Å². The van der Waals surface area contributed by atoms with Crippen LogP contribution in [0.2, 0.25) is 0 Å². The molecule has 0 radical (unpaired) electrons. The summed E-state index contributed by atoms with van der Waals surface area (Å²) < 4.78 is 36.0. The lowest BCUT2D eigenvalue weighted by Gasteiger charge is -2.17. The summed E-state index contributed by atoms with van der Waals surface area (Å²) in [6.07, 6.45) is 4.13. The van der Waals surface area contributed by atoms with Gasteiger partial charge in [-0.1, -0.05) is 12.1 Å². The molecule has 6 nitrogen and oxygen atoms in total. The van der Waals surface area contributed by atoms with Crippen LogP contribution < -0.4 is 28.1 Å². The average Bonchev–Trinajstić information content (AvgIpc) is 2.38. The van der Waals surface area contributed by atoms with Crippen LogP contribution in [0.25, 0.3) is 11.1 Å². The van der Waals surface area contributed by atoms with Gasteiger partial charge in [0, 0.05) is 31.9 Å². The van der Waals surface area contributed by atoms with Gasteiger partial charge >= 0.3 is 0 Å². The molecule has 2 rings (SSSR count). The van der Waals surface area contributed by atoms with Gasteiger partial charge in [-0.15, -0.1) is 10.2 Å². The lowest BCUT2D eigenvalue weighted by molar-refractivity contribution is -2.00. The maximum Gasteiger partial charge on any atom is 0.169 e. The second-order valence-electron chi connectivity index (χ2n) is 4.57. The van der Waals surface area contributed by atoms with Gasteiger partial charge in [0.1, 0.15) is 7.05 Å². The SMILES string of the molecule is CN(C)c1ccc(-c2cc[n+](C)cc2)cc1.[O-][Cl+3]([O-])([O-])[O-]. The summed E-state index contributed by atoms with van der Waals surface area (Å²) in [4.78, 5) is 2.11. The molecule has 0 saturated carbocycles. The topological polar surface area (TPSA) is 99.4 Å². The van der Waals surface area contributed by atoms with Crippen LogP contribution >= 0.6 is 0 Å². The van der Waals surface area contributed by atoms with E-state index in [0.29, 0.717) is 0 Å². The summed E-state index contributed by atoms with van der Waals surface area (Å²) in [6, 6.07) is 12.9. The van der Waals surface area contributed by atoms with Crippen LogP contribution in [0.4, 0.5) is 5.69 Å². The molecular weight excluding hydrogens is 296 g/mol. The molecule has 1 aromatic heterocycles. The first-order chi connectivity index (χ1) is 9.66. The highest BCUT2D eigenvalue weighted by Crippen LogP contribution is 2.21. The van der Waals surface area contributed by atoms with Crippen LogP contribution in [0.1, 0.15) is 0 Å². The highest BCUT2D eigenvalue weighted by atomic mass is 35.7. The van der Waals surface area contributed by atoms with Crippen molar-refractivity contribution in [2.45, 2.75) is 0 Å². The van der Waals surface area contributed by atoms with Crippen molar-refractivity contribution in [3.63, 3.8) is 0 Å². The predicted octanol–water partition coefficient (Wildman–Crippen LogP) is -2.51. The summed E-state index contributed by atoms with van der Waals surface area (Å²) in [5, 5.41) is 0. The smallest absolute Gasteiger partial charge is 0.169 e. The maximum absolute atomic E-state index is 8.49. The molecule has 0 fully saturated rings. The van der Waals surface area contributed by atoms with Gasteiger partial charge in [-0.3, -0.25) is 0 Å². The Morgan fingerprint density at radius 1 is 0.810 bits per heavy atom. The van der Waals surface area contributed by atoms with Crippen molar-refractivity contribution in [1.82, 2.24) is 0 Å². The largest absolute Gasteiger partial charge is 0.378 e. The van der Waals surface area contributed by atoms with Crippen molar-refractivity contribution in [2.75, 3.05) is 19.0 Å². The van der Waals surface area contributed by atoms with E-state index in [0.717, 1.165) is 0 Å². The Kier molecular flexibility index (Phi) is 6.07. The van der Waals surface area contributed by atoms with Crippen molar-refractivity contribution in [3.8, 4) is 11.1 Å². The minimum atomic E-state index is -4.94. The van der Waals surface area contributed by atoms with Gasteiger partial charge in [0.05, 0.1) is 0 Å². The molecular formula is C14H17ClN2O4. The number of aromatic nitrogens is 1. The second-order valence-corrected chi connectivity index (χ2v) is 5.33. The molecule has 0 amide bonds. The number of halogens is 1. The lowest BCUT2D eigenvalue weighted by atomic mass is 10.1. The Hall–Kier alpha value is -1.70. The Morgan fingerprint density at radius 3 is 1.57 bits per heavy atom. The number of rotatable bonds is 2. The van der Waals surface area contributed by atoms with Crippen LogP contribution in [-0.4, -0.2) is 14.1 Å². The number of pyridine rings is 1. The van der Waals surface area contributed by atoms with Crippen LogP contribution in [0.15, 0.2) is 48.8 Å². The van der Waals surface area contributed by atoms with Crippen LogP contribution in [0.3, 0.4) is 0 Å². The minimum absolute atomic E-state index is 1.23. The zero-order valence-electron chi connectivity index (χ0n) is 12.0. The van der Waals surface area contributed by atoms with Gasteiger partial charge in [-0.25, -0.2) is 23.2 Å². The Balaban J connectivity index is 0.000000383. The molecule has 1 heterocycles. The van der Waals surface area contributed by atoms with Crippen LogP contribution in [0.5, 0.6) is 0 Å². The molecule has 0 unspecified atom stereocenters. The van der Waals surface area contributed by atoms with Gasteiger partial charge in [0.25, 0.3) is 0 Å². The Labute approximate surface area is 125 Å². The Morgan fingerprint density at radius 2 is 1.19 bits per heavy atom. The van der Waals surface area contributed by atoms with Gasteiger partial charge in [0.15, 0.2) is 12.4 Å². The van der Waals surface area contributed by atoms with E-state index in [4.69, 9.17) is 18.6 Å². The molecule has 114 valence electrons. The molecule has 0 spiro atoms. The van der Waals surface area contributed by atoms with Gasteiger partial charge < -0.3 is 4.90 Å². The average molecular weight is 313 g/mol. The summed E-state index contributed by atoms with van der Waals surface area (Å²) in [6.45, 7) is 0. The summed E-state index contributed by atoms with van der Waals surface area (Å²) in [5.74, 6) is 0. The van der Waals surface area contributed by atoms with E-state index < -0.39 is 10.2 Å². The van der Waals surface area contributed by atoms with Crippen LogP contribution in [-0.2, 0) is 7.05 Å². The molecule has 0 bridgehead atoms. The zero-order valence-corrected chi connectivity index (χ0v) is 12.8. The van der Waals surface area contributed by atoms with E-state index in [1.807, 2.05) is 11.6 Å². The summed E-state index contributed by atoms with van der Waals surface area (Å²) in [7, 11) is 1.19. The summed E-state index contributed by atoms with van der Waals surface area (Å²) in [5.41, 5.74) is 3.74. The highest BCUT2D eigenvalue weighted by molar-refractivity contribution is 5.65. The first kappa shape index (κ1) is 17.4. The highest BCUT2D eigenvalue weighted by Gasteiger charge is 2.00.